The molecule has 130 valence electrons. The van der Waals surface area contributed by atoms with Gasteiger partial charge in [-0.15, -0.1) is 0 Å². The minimum atomic E-state index is -0.410. The molecule has 1 N–H and O–H groups in total. The van der Waals surface area contributed by atoms with Gasteiger partial charge in [0.1, 0.15) is 6.61 Å². The number of carbonyl (C=O) groups excluding carboxylic acids is 1. The molecular weight excluding hydrogens is 309 g/mol. The minimum Gasteiger partial charge on any atom is -0.488 e. The van der Waals surface area contributed by atoms with Crippen LogP contribution in [-0.2, 0) is 18.3 Å². The third-order valence-corrected chi connectivity index (χ3v) is 3.75. The van der Waals surface area contributed by atoms with Gasteiger partial charge in [0.15, 0.2) is 11.6 Å². The molecule has 2 aromatic rings. The maximum atomic E-state index is 13.7. The second-order valence-electron chi connectivity index (χ2n) is 6.93. The van der Waals surface area contributed by atoms with Crippen molar-refractivity contribution < 1.29 is 13.9 Å². The van der Waals surface area contributed by atoms with Crippen LogP contribution in [0.4, 0.5) is 4.39 Å². The van der Waals surface area contributed by atoms with E-state index in [1.807, 2.05) is 34.0 Å². The Morgan fingerprint density at radius 1 is 1.38 bits per heavy atom. The molecule has 0 saturated heterocycles. The lowest BCUT2D eigenvalue weighted by molar-refractivity contribution is -0.122. The summed E-state index contributed by atoms with van der Waals surface area (Å²) in [5.74, 6) is -0.333. The number of carbonyl (C=O) groups is 1. The van der Waals surface area contributed by atoms with Gasteiger partial charge in [-0.1, -0.05) is 32.9 Å². The number of aromatic nitrogens is 2. The first kappa shape index (κ1) is 18.0. The van der Waals surface area contributed by atoms with Crippen molar-refractivity contribution in [2.45, 2.75) is 33.2 Å². The van der Waals surface area contributed by atoms with Crippen LogP contribution in [-0.4, -0.2) is 28.3 Å². The number of nitrogens with one attached hydrogen (secondary N) is 1. The second kappa shape index (κ2) is 7.47. The number of hydrogen-bond donors (Lipinski definition) is 1. The third-order valence-electron chi connectivity index (χ3n) is 3.75. The lowest BCUT2D eigenvalue weighted by Gasteiger charge is -2.31. The molecule has 0 aliphatic carbocycles. The Morgan fingerprint density at radius 2 is 2.08 bits per heavy atom. The van der Waals surface area contributed by atoms with Gasteiger partial charge >= 0.3 is 0 Å². The average molecular weight is 333 g/mol. The van der Waals surface area contributed by atoms with E-state index in [1.54, 1.807) is 29.1 Å². The molecule has 1 aromatic heterocycles. The highest BCUT2D eigenvalue weighted by molar-refractivity contribution is 5.78. The summed E-state index contributed by atoms with van der Waals surface area (Å²) in [5.41, 5.74) is 0.619. The Kier molecular flexibility index (Phi) is 5.59. The Bertz CT molecular complexity index is 692. The van der Waals surface area contributed by atoms with E-state index in [2.05, 4.69) is 10.4 Å². The summed E-state index contributed by atoms with van der Waals surface area (Å²) in [6, 6.07) is 6.00. The van der Waals surface area contributed by atoms with Crippen LogP contribution in [0.5, 0.6) is 5.75 Å². The van der Waals surface area contributed by atoms with Crippen molar-refractivity contribution >= 4 is 5.91 Å². The SMILES string of the molecule is Cn1cc(CC(=O)N[C@@H](COc2ccccc2F)C(C)(C)C)cn1. The zero-order valence-corrected chi connectivity index (χ0v) is 14.5. The van der Waals surface area contributed by atoms with E-state index in [0.29, 0.717) is 0 Å². The number of aryl methyl sites for hydroxylation is 1. The molecule has 2 rings (SSSR count). The summed E-state index contributed by atoms with van der Waals surface area (Å²) in [7, 11) is 1.81. The lowest BCUT2D eigenvalue weighted by atomic mass is 9.87. The molecule has 0 spiro atoms. The van der Waals surface area contributed by atoms with Crippen LogP contribution in [0.3, 0.4) is 0 Å². The molecule has 6 heteroatoms. The van der Waals surface area contributed by atoms with E-state index in [0.717, 1.165) is 5.56 Å². The highest BCUT2D eigenvalue weighted by Gasteiger charge is 2.27. The van der Waals surface area contributed by atoms with Crippen LogP contribution in [0.25, 0.3) is 0 Å². The topological polar surface area (TPSA) is 56.2 Å². The first-order valence-electron chi connectivity index (χ1n) is 7.90. The minimum absolute atomic E-state index is 0.111. The van der Waals surface area contributed by atoms with E-state index in [9.17, 15) is 9.18 Å². The van der Waals surface area contributed by atoms with Gasteiger partial charge in [-0.25, -0.2) is 4.39 Å². The summed E-state index contributed by atoms with van der Waals surface area (Å²) >= 11 is 0. The first-order chi connectivity index (χ1) is 11.3. The fraction of sp³-hybridized carbons (Fsp3) is 0.444. The monoisotopic (exact) mass is 333 g/mol. The van der Waals surface area contributed by atoms with Crippen molar-refractivity contribution in [2.75, 3.05) is 6.61 Å². The summed E-state index contributed by atoms with van der Waals surface area (Å²) < 4.78 is 20.9. The quantitative estimate of drug-likeness (QED) is 0.884. The van der Waals surface area contributed by atoms with E-state index < -0.39 is 5.82 Å². The van der Waals surface area contributed by atoms with Gasteiger partial charge in [-0.3, -0.25) is 9.48 Å². The number of halogens is 1. The van der Waals surface area contributed by atoms with Crippen LogP contribution in [0.1, 0.15) is 26.3 Å². The Morgan fingerprint density at radius 3 is 2.67 bits per heavy atom. The van der Waals surface area contributed by atoms with Crippen LogP contribution >= 0.6 is 0 Å². The molecule has 24 heavy (non-hydrogen) atoms. The zero-order chi connectivity index (χ0) is 17.7. The molecule has 0 unspecified atom stereocenters. The average Bonchev–Trinajstić information content (AvgIpc) is 2.89. The van der Waals surface area contributed by atoms with E-state index in [1.165, 1.54) is 6.07 Å². The van der Waals surface area contributed by atoms with Crippen LogP contribution < -0.4 is 10.1 Å². The number of amides is 1. The van der Waals surface area contributed by atoms with Crippen molar-refractivity contribution in [1.82, 2.24) is 15.1 Å². The fourth-order valence-electron chi connectivity index (χ4n) is 2.24. The van der Waals surface area contributed by atoms with Gasteiger partial charge in [0.25, 0.3) is 0 Å². The molecule has 1 aromatic carbocycles. The molecule has 0 bridgehead atoms. The maximum Gasteiger partial charge on any atom is 0.224 e. The van der Waals surface area contributed by atoms with Crippen molar-refractivity contribution in [3.8, 4) is 5.75 Å². The molecule has 0 aliphatic rings. The highest BCUT2D eigenvalue weighted by atomic mass is 19.1. The molecule has 0 fully saturated rings. The molecule has 1 amide bonds. The highest BCUT2D eigenvalue weighted by Crippen LogP contribution is 2.22. The predicted molar refractivity (Wildman–Crippen MR) is 90.2 cm³/mol. The van der Waals surface area contributed by atoms with Crippen molar-refractivity contribution in [3.63, 3.8) is 0 Å². The summed E-state index contributed by atoms with van der Waals surface area (Å²) in [4.78, 5) is 12.3. The molecule has 1 atom stereocenters. The van der Waals surface area contributed by atoms with E-state index in [-0.39, 0.29) is 36.1 Å². The maximum absolute atomic E-state index is 13.7. The molecule has 1 heterocycles. The van der Waals surface area contributed by atoms with E-state index in [4.69, 9.17) is 4.74 Å². The van der Waals surface area contributed by atoms with Gasteiger partial charge in [0.05, 0.1) is 18.7 Å². The van der Waals surface area contributed by atoms with E-state index >= 15 is 0 Å². The van der Waals surface area contributed by atoms with Gasteiger partial charge in [-0.05, 0) is 23.1 Å². The van der Waals surface area contributed by atoms with Gasteiger partial charge < -0.3 is 10.1 Å². The Labute approximate surface area is 141 Å². The first-order valence-corrected chi connectivity index (χ1v) is 7.90. The number of rotatable bonds is 6. The summed E-state index contributed by atoms with van der Waals surface area (Å²) in [6.45, 7) is 6.22. The van der Waals surface area contributed by atoms with Crippen LogP contribution in [0.15, 0.2) is 36.7 Å². The summed E-state index contributed by atoms with van der Waals surface area (Å²) in [5, 5.41) is 7.03. The van der Waals surface area contributed by atoms with Gasteiger partial charge in [0.2, 0.25) is 5.91 Å². The number of benzene rings is 1. The molecule has 0 saturated carbocycles. The second-order valence-corrected chi connectivity index (χ2v) is 6.93. The molecule has 0 radical (unpaired) electrons. The molecule has 0 aliphatic heterocycles. The lowest BCUT2D eigenvalue weighted by Crippen LogP contribution is -2.48. The van der Waals surface area contributed by atoms with Crippen molar-refractivity contribution in [1.29, 1.82) is 0 Å². The van der Waals surface area contributed by atoms with Crippen molar-refractivity contribution in [3.05, 3.63) is 48.0 Å². The third kappa shape index (κ3) is 5.08. The van der Waals surface area contributed by atoms with Crippen LogP contribution in [0, 0.1) is 11.2 Å². The standard InChI is InChI=1S/C18H24FN3O2/c1-18(2,3)16(12-24-15-8-6-5-7-14(15)19)21-17(23)9-13-10-20-22(4)11-13/h5-8,10-11,16H,9,12H2,1-4H3,(H,21,23)/t16-/m0/s1. The van der Waals surface area contributed by atoms with Crippen LogP contribution in [0.2, 0.25) is 0 Å². The number of ether oxygens (including phenoxy) is 1. The number of nitrogens with zero attached hydrogens (tertiary/aromatic N) is 2. The molecule has 5 nitrogen and oxygen atoms in total. The predicted octanol–water partition coefficient (Wildman–Crippen LogP) is 2.71. The summed E-state index contributed by atoms with van der Waals surface area (Å²) in [6.07, 6.45) is 3.73. The fourth-order valence-corrected chi connectivity index (χ4v) is 2.24. The molecular formula is C18H24FN3O2. The smallest absolute Gasteiger partial charge is 0.224 e. The Hall–Kier alpha value is -2.37. The van der Waals surface area contributed by atoms with Gasteiger partial charge in [-0.2, -0.15) is 5.10 Å². The van der Waals surface area contributed by atoms with Crippen molar-refractivity contribution in [2.24, 2.45) is 12.5 Å². The Balaban J connectivity index is 1.98. The largest absolute Gasteiger partial charge is 0.488 e. The zero-order valence-electron chi connectivity index (χ0n) is 14.5. The number of hydrogen-bond acceptors (Lipinski definition) is 3. The number of para-hydroxylation sites is 1. The normalized spacial score (nSPS) is 12.7. The van der Waals surface area contributed by atoms with Gasteiger partial charge in [0, 0.05) is 13.2 Å².